The standard InChI is InChI=1S/C27H36N6O3/c1-4-33-24-23(26(35)30-27(33)36)21(17-22(29-24)19(2)3)25(34)28-11-8-12-31-13-15-32(16-14-31)18-20-9-6-5-7-10-20/h5-7,9-10,17,19H,4,8,11-16,18H2,1-3H3,(H,28,34)(H,30,35,36). The van der Waals surface area contributed by atoms with Crippen LogP contribution in [-0.4, -0.2) is 69.5 Å². The minimum atomic E-state index is -0.582. The van der Waals surface area contributed by atoms with Gasteiger partial charge in [0.2, 0.25) is 0 Å². The summed E-state index contributed by atoms with van der Waals surface area (Å²) < 4.78 is 1.40. The van der Waals surface area contributed by atoms with Crippen LogP contribution < -0.4 is 16.6 Å². The quantitative estimate of drug-likeness (QED) is 0.444. The molecule has 0 aliphatic carbocycles. The summed E-state index contributed by atoms with van der Waals surface area (Å²) in [5.41, 5.74) is 1.44. The van der Waals surface area contributed by atoms with Crippen LogP contribution in [0, 0.1) is 0 Å². The lowest BCUT2D eigenvalue weighted by Crippen LogP contribution is -2.46. The van der Waals surface area contributed by atoms with E-state index in [1.165, 1.54) is 10.1 Å². The van der Waals surface area contributed by atoms with Crippen LogP contribution in [0.15, 0.2) is 46.0 Å². The highest BCUT2D eigenvalue weighted by atomic mass is 16.2. The predicted molar refractivity (Wildman–Crippen MR) is 141 cm³/mol. The van der Waals surface area contributed by atoms with Gasteiger partial charge in [-0.15, -0.1) is 0 Å². The van der Waals surface area contributed by atoms with Crippen molar-refractivity contribution < 1.29 is 4.79 Å². The molecule has 9 heteroatoms. The Hall–Kier alpha value is -3.30. The summed E-state index contributed by atoms with van der Waals surface area (Å²) in [7, 11) is 0. The second-order valence-corrected chi connectivity index (χ2v) is 9.66. The van der Waals surface area contributed by atoms with Crippen molar-refractivity contribution >= 4 is 16.9 Å². The van der Waals surface area contributed by atoms with E-state index in [4.69, 9.17) is 0 Å². The number of amides is 1. The molecule has 1 aliphatic heterocycles. The summed E-state index contributed by atoms with van der Waals surface area (Å²) in [5.74, 6) is -0.273. The van der Waals surface area contributed by atoms with Crippen LogP contribution >= 0.6 is 0 Å². The van der Waals surface area contributed by atoms with E-state index < -0.39 is 11.2 Å². The number of nitrogens with zero attached hydrogens (tertiary/aromatic N) is 4. The Morgan fingerprint density at radius 2 is 1.78 bits per heavy atom. The normalized spacial score (nSPS) is 15.0. The molecule has 2 aromatic heterocycles. The molecule has 1 aliphatic rings. The van der Waals surface area contributed by atoms with Crippen LogP contribution in [0.1, 0.15) is 54.7 Å². The Labute approximate surface area is 211 Å². The van der Waals surface area contributed by atoms with Crippen LogP contribution in [0.2, 0.25) is 0 Å². The molecule has 9 nitrogen and oxygen atoms in total. The van der Waals surface area contributed by atoms with Crippen molar-refractivity contribution in [1.82, 2.24) is 29.7 Å². The number of pyridine rings is 1. The number of aromatic nitrogens is 3. The average molecular weight is 493 g/mol. The Morgan fingerprint density at radius 1 is 1.08 bits per heavy atom. The maximum atomic E-state index is 13.1. The summed E-state index contributed by atoms with van der Waals surface area (Å²) in [6.07, 6.45) is 0.820. The first-order valence-electron chi connectivity index (χ1n) is 12.8. The molecule has 4 rings (SSSR count). The van der Waals surface area contributed by atoms with E-state index in [9.17, 15) is 14.4 Å². The highest BCUT2D eigenvalue weighted by Gasteiger charge is 2.20. The number of hydrogen-bond donors (Lipinski definition) is 2. The molecule has 0 atom stereocenters. The van der Waals surface area contributed by atoms with Crippen LogP contribution in [0.25, 0.3) is 11.0 Å². The Balaban J connectivity index is 1.35. The van der Waals surface area contributed by atoms with Gasteiger partial charge in [-0.2, -0.15) is 0 Å². The number of fused-ring (bicyclic) bond motifs is 1. The van der Waals surface area contributed by atoms with Gasteiger partial charge >= 0.3 is 5.69 Å². The van der Waals surface area contributed by atoms with Crippen molar-refractivity contribution in [3.63, 3.8) is 0 Å². The molecule has 1 saturated heterocycles. The van der Waals surface area contributed by atoms with E-state index in [0.29, 0.717) is 18.8 Å². The summed E-state index contributed by atoms with van der Waals surface area (Å²) in [6, 6.07) is 12.2. The van der Waals surface area contributed by atoms with Gasteiger partial charge in [-0.05, 0) is 37.4 Å². The van der Waals surface area contributed by atoms with E-state index in [2.05, 4.69) is 49.4 Å². The average Bonchev–Trinajstić information content (AvgIpc) is 2.87. The summed E-state index contributed by atoms with van der Waals surface area (Å²) in [6.45, 7) is 12.6. The van der Waals surface area contributed by atoms with Crippen LogP contribution in [0.4, 0.5) is 0 Å². The molecule has 0 bridgehead atoms. The number of aromatic amines is 1. The third kappa shape index (κ3) is 5.91. The van der Waals surface area contributed by atoms with Crippen molar-refractivity contribution in [1.29, 1.82) is 0 Å². The minimum Gasteiger partial charge on any atom is -0.352 e. The van der Waals surface area contributed by atoms with E-state index in [1.807, 2.05) is 26.8 Å². The van der Waals surface area contributed by atoms with Gasteiger partial charge in [0.25, 0.3) is 11.5 Å². The third-order valence-corrected chi connectivity index (χ3v) is 6.77. The number of piperazine rings is 1. The number of aryl methyl sites for hydroxylation is 1. The first kappa shape index (κ1) is 25.8. The zero-order valence-corrected chi connectivity index (χ0v) is 21.4. The molecule has 0 spiro atoms. The number of nitrogens with one attached hydrogen (secondary N) is 2. The summed E-state index contributed by atoms with van der Waals surface area (Å²) in [4.78, 5) is 49.9. The molecule has 192 valence electrons. The van der Waals surface area contributed by atoms with Gasteiger partial charge in [0.05, 0.1) is 10.9 Å². The number of carbonyl (C=O) groups excluding carboxylic acids is 1. The van der Waals surface area contributed by atoms with Gasteiger partial charge in [-0.25, -0.2) is 9.78 Å². The monoisotopic (exact) mass is 492 g/mol. The molecule has 1 amide bonds. The maximum absolute atomic E-state index is 13.1. The van der Waals surface area contributed by atoms with Gasteiger partial charge in [0, 0.05) is 51.5 Å². The van der Waals surface area contributed by atoms with Crippen molar-refractivity contribution in [3.8, 4) is 0 Å². The molecule has 0 unspecified atom stereocenters. The number of benzene rings is 1. The molecular formula is C27H36N6O3. The van der Waals surface area contributed by atoms with Crippen molar-refractivity contribution in [2.75, 3.05) is 39.3 Å². The molecule has 3 heterocycles. The van der Waals surface area contributed by atoms with Crippen molar-refractivity contribution in [2.24, 2.45) is 0 Å². The zero-order valence-electron chi connectivity index (χ0n) is 21.4. The SMILES string of the molecule is CCn1c(=O)[nH]c(=O)c2c(C(=O)NCCCN3CCN(Cc4ccccc4)CC3)cc(C(C)C)nc21. The molecule has 3 aromatic rings. The number of H-pyrrole nitrogens is 1. The maximum Gasteiger partial charge on any atom is 0.329 e. The molecule has 1 aromatic carbocycles. The molecule has 1 fully saturated rings. The van der Waals surface area contributed by atoms with Crippen LogP contribution in [-0.2, 0) is 13.1 Å². The van der Waals surface area contributed by atoms with Crippen LogP contribution in [0.3, 0.4) is 0 Å². The lowest BCUT2D eigenvalue weighted by atomic mass is 10.0. The van der Waals surface area contributed by atoms with Gasteiger partial charge < -0.3 is 10.2 Å². The smallest absolute Gasteiger partial charge is 0.329 e. The first-order chi connectivity index (χ1) is 17.4. The van der Waals surface area contributed by atoms with Gasteiger partial charge in [-0.3, -0.25) is 24.0 Å². The van der Waals surface area contributed by atoms with E-state index in [1.54, 1.807) is 6.07 Å². The number of hydrogen-bond acceptors (Lipinski definition) is 6. The molecule has 0 radical (unpaired) electrons. The minimum absolute atomic E-state index is 0.0428. The fraction of sp³-hybridized carbons (Fsp3) is 0.481. The Morgan fingerprint density at radius 3 is 2.44 bits per heavy atom. The lowest BCUT2D eigenvalue weighted by molar-refractivity contribution is 0.0948. The fourth-order valence-electron chi connectivity index (χ4n) is 4.67. The third-order valence-electron chi connectivity index (χ3n) is 6.77. The Kier molecular flexibility index (Phi) is 8.32. The molecular weight excluding hydrogens is 456 g/mol. The first-order valence-corrected chi connectivity index (χ1v) is 12.8. The van der Waals surface area contributed by atoms with Gasteiger partial charge in [-0.1, -0.05) is 44.2 Å². The zero-order chi connectivity index (χ0) is 25.7. The molecule has 0 saturated carbocycles. The second kappa shape index (κ2) is 11.6. The van der Waals surface area contributed by atoms with E-state index in [-0.39, 0.29) is 28.4 Å². The fourth-order valence-corrected chi connectivity index (χ4v) is 4.67. The molecule has 36 heavy (non-hydrogen) atoms. The second-order valence-electron chi connectivity index (χ2n) is 9.66. The Bertz CT molecular complexity index is 1310. The van der Waals surface area contributed by atoms with Gasteiger partial charge in [0.15, 0.2) is 5.65 Å². The summed E-state index contributed by atoms with van der Waals surface area (Å²) >= 11 is 0. The van der Waals surface area contributed by atoms with Crippen molar-refractivity contribution in [2.45, 2.75) is 46.2 Å². The summed E-state index contributed by atoms with van der Waals surface area (Å²) in [5, 5.41) is 3.13. The van der Waals surface area contributed by atoms with E-state index in [0.717, 1.165) is 45.7 Å². The largest absolute Gasteiger partial charge is 0.352 e. The van der Waals surface area contributed by atoms with Crippen molar-refractivity contribution in [3.05, 3.63) is 74.1 Å². The van der Waals surface area contributed by atoms with Gasteiger partial charge in [0.1, 0.15) is 0 Å². The number of rotatable bonds is 9. The lowest BCUT2D eigenvalue weighted by Gasteiger charge is -2.34. The topological polar surface area (TPSA) is 103 Å². The molecule has 2 N–H and O–H groups in total. The van der Waals surface area contributed by atoms with E-state index >= 15 is 0 Å². The highest BCUT2D eigenvalue weighted by Crippen LogP contribution is 2.19. The predicted octanol–water partition coefficient (Wildman–Crippen LogP) is 2.17. The number of carbonyl (C=O) groups is 1. The highest BCUT2D eigenvalue weighted by molar-refractivity contribution is 6.05. The van der Waals surface area contributed by atoms with Crippen LogP contribution in [0.5, 0.6) is 0 Å².